The van der Waals surface area contributed by atoms with Crippen LogP contribution in [0.15, 0.2) is 36.8 Å². The van der Waals surface area contributed by atoms with Crippen molar-refractivity contribution in [2.24, 2.45) is 5.92 Å². The lowest BCUT2D eigenvalue weighted by molar-refractivity contribution is 0.0666. The van der Waals surface area contributed by atoms with Gasteiger partial charge in [0.1, 0.15) is 11.6 Å². The predicted octanol–water partition coefficient (Wildman–Crippen LogP) is 3.95. The molecule has 1 saturated carbocycles. The number of hydrogen-bond donors (Lipinski definition) is 1. The minimum absolute atomic E-state index is 0.00243. The Labute approximate surface area is 193 Å². The van der Waals surface area contributed by atoms with Gasteiger partial charge in [-0.25, -0.2) is 14.2 Å². The summed E-state index contributed by atoms with van der Waals surface area (Å²) in [6, 6.07) is 4.04. The molecule has 1 aromatic carbocycles. The van der Waals surface area contributed by atoms with Crippen molar-refractivity contribution >= 4 is 17.8 Å². The number of piperazine rings is 1. The van der Waals surface area contributed by atoms with E-state index < -0.39 is 5.82 Å². The smallest absolute Gasteiger partial charge is 0.323 e. The molecule has 1 aliphatic heterocycles. The highest BCUT2D eigenvalue weighted by atomic mass is 19.1. The topological polar surface area (TPSA) is 87.7 Å². The van der Waals surface area contributed by atoms with Crippen LogP contribution in [0.5, 0.6) is 5.75 Å². The van der Waals surface area contributed by atoms with E-state index in [4.69, 9.17) is 4.74 Å². The van der Waals surface area contributed by atoms with Gasteiger partial charge < -0.3 is 14.5 Å². The number of nitrogens with zero attached hydrogens (tertiary/aromatic N) is 4. The second-order valence-electron chi connectivity index (χ2n) is 8.58. The highest BCUT2D eigenvalue weighted by Gasteiger charge is 2.27. The number of nitrogens with one attached hydrogen (secondary N) is 1. The number of aromatic nitrogens is 2. The van der Waals surface area contributed by atoms with Crippen LogP contribution < -0.4 is 10.1 Å². The molecule has 0 radical (unpaired) electrons. The average Bonchev–Trinajstić information content (AvgIpc) is 2.86. The first-order chi connectivity index (χ1) is 16.1. The van der Waals surface area contributed by atoms with Gasteiger partial charge in [-0.3, -0.25) is 15.1 Å². The number of carbonyl (C=O) groups is 2. The van der Waals surface area contributed by atoms with Crippen molar-refractivity contribution in [3.05, 3.63) is 48.2 Å². The highest BCUT2D eigenvalue weighted by molar-refractivity contribution is 5.95. The molecule has 1 aromatic heterocycles. The Hall–Kier alpha value is -3.23. The summed E-state index contributed by atoms with van der Waals surface area (Å²) >= 11 is 0. The Bertz CT molecular complexity index is 944. The van der Waals surface area contributed by atoms with Crippen LogP contribution in [-0.2, 0) is 0 Å². The molecule has 2 aliphatic rings. The molecule has 2 fully saturated rings. The van der Waals surface area contributed by atoms with Crippen molar-refractivity contribution in [2.45, 2.75) is 38.5 Å². The van der Waals surface area contributed by atoms with Gasteiger partial charge in [0.25, 0.3) is 5.91 Å². The number of hydrogen-bond acceptors (Lipinski definition) is 5. The maximum Gasteiger partial charge on any atom is 0.323 e. The summed E-state index contributed by atoms with van der Waals surface area (Å²) in [4.78, 5) is 36.4. The Morgan fingerprint density at radius 2 is 1.82 bits per heavy atom. The number of benzene rings is 1. The van der Waals surface area contributed by atoms with Crippen molar-refractivity contribution < 1.29 is 18.7 Å². The molecule has 4 rings (SSSR count). The molecule has 0 bridgehead atoms. The van der Waals surface area contributed by atoms with Crippen molar-refractivity contribution in [1.29, 1.82) is 0 Å². The molecule has 1 saturated heterocycles. The van der Waals surface area contributed by atoms with Crippen molar-refractivity contribution in [2.75, 3.05) is 38.1 Å². The van der Waals surface area contributed by atoms with Gasteiger partial charge in [0.15, 0.2) is 5.82 Å². The second kappa shape index (κ2) is 11.1. The number of amides is 3. The summed E-state index contributed by atoms with van der Waals surface area (Å²) in [5.74, 6) is 0.616. The van der Waals surface area contributed by atoms with Gasteiger partial charge in [-0.1, -0.05) is 32.1 Å². The number of anilines is 1. The fraction of sp³-hybridized carbons (Fsp3) is 0.500. The molecule has 2 heterocycles. The first-order valence-electron chi connectivity index (χ1n) is 11.6. The normalized spacial score (nSPS) is 17.0. The standard InChI is InChI=1S/C24H30FN5O3/c25-21-7-6-19(33-15-8-18-4-2-1-3-5-18)16-20(21)23(31)29-11-13-30(14-12-29)24(32)28-22-17-26-9-10-27-22/h6-7,9-10,16-18H,1-5,8,11-15H2,(H,27,28,32). The predicted molar refractivity (Wildman–Crippen MR) is 122 cm³/mol. The van der Waals surface area contributed by atoms with E-state index in [1.807, 2.05) is 0 Å². The summed E-state index contributed by atoms with van der Waals surface area (Å²) in [5.41, 5.74) is 0.00243. The molecule has 9 heteroatoms. The molecular weight excluding hydrogens is 425 g/mol. The maximum absolute atomic E-state index is 14.4. The van der Waals surface area contributed by atoms with Crippen molar-refractivity contribution in [3.8, 4) is 5.75 Å². The number of halogens is 1. The van der Waals surface area contributed by atoms with Crippen LogP contribution >= 0.6 is 0 Å². The van der Waals surface area contributed by atoms with E-state index in [-0.39, 0.29) is 17.5 Å². The van der Waals surface area contributed by atoms with E-state index >= 15 is 0 Å². The fourth-order valence-electron chi connectivity index (χ4n) is 4.41. The summed E-state index contributed by atoms with van der Waals surface area (Å²) in [6.45, 7) is 1.90. The molecule has 0 atom stereocenters. The minimum Gasteiger partial charge on any atom is -0.494 e. The zero-order valence-electron chi connectivity index (χ0n) is 18.7. The van der Waals surface area contributed by atoms with E-state index in [0.717, 1.165) is 6.42 Å². The number of ether oxygens (including phenoxy) is 1. The molecule has 176 valence electrons. The van der Waals surface area contributed by atoms with Gasteiger partial charge in [-0.05, 0) is 30.5 Å². The summed E-state index contributed by atoms with van der Waals surface area (Å²) in [6.07, 6.45) is 11.9. The lowest BCUT2D eigenvalue weighted by Gasteiger charge is -2.34. The molecule has 8 nitrogen and oxygen atoms in total. The Morgan fingerprint density at radius 3 is 2.55 bits per heavy atom. The van der Waals surface area contributed by atoms with Gasteiger partial charge in [-0.15, -0.1) is 0 Å². The van der Waals surface area contributed by atoms with Crippen LogP contribution in [0.3, 0.4) is 0 Å². The van der Waals surface area contributed by atoms with E-state index in [9.17, 15) is 14.0 Å². The van der Waals surface area contributed by atoms with Crippen LogP contribution in [0.2, 0.25) is 0 Å². The average molecular weight is 456 g/mol. The largest absolute Gasteiger partial charge is 0.494 e. The van der Waals surface area contributed by atoms with Gasteiger partial charge >= 0.3 is 6.03 Å². The Balaban J connectivity index is 1.28. The zero-order chi connectivity index (χ0) is 23.0. The lowest BCUT2D eigenvalue weighted by Crippen LogP contribution is -2.51. The summed E-state index contributed by atoms with van der Waals surface area (Å²) in [7, 11) is 0. The number of carbonyl (C=O) groups excluding carboxylic acids is 2. The van der Waals surface area contributed by atoms with E-state index in [1.165, 1.54) is 62.8 Å². The van der Waals surface area contributed by atoms with Gasteiger partial charge in [0.05, 0.1) is 18.4 Å². The summed E-state index contributed by atoms with van der Waals surface area (Å²) in [5, 5.41) is 2.68. The zero-order valence-corrected chi connectivity index (χ0v) is 18.7. The lowest BCUT2D eigenvalue weighted by atomic mass is 9.87. The molecule has 0 unspecified atom stereocenters. The van der Waals surface area contributed by atoms with E-state index in [1.54, 1.807) is 15.9 Å². The number of rotatable bonds is 6. The van der Waals surface area contributed by atoms with Gasteiger partial charge in [0.2, 0.25) is 0 Å². The van der Waals surface area contributed by atoms with Crippen LogP contribution in [-0.4, -0.2) is 64.5 Å². The Morgan fingerprint density at radius 1 is 1.06 bits per heavy atom. The van der Waals surface area contributed by atoms with Crippen molar-refractivity contribution in [1.82, 2.24) is 19.8 Å². The molecule has 33 heavy (non-hydrogen) atoms. The molecule has 3 amide bonds. The first-order valence-corrected chi connectivity index (χ1v) is 11.6. The quantitative estimate of drug-likeness (QED) is 0.713. The SMILES string of the molecule is O=C(Nc1cnccn1)N1CCN(C(=O)c2cc(OCCC3CCCCC3)ccc2F)CC1. The second-order valence-corrected chi connectivity index (χ2v) is 8.58. The Kier molecular flexibility index (Phi) is 7.70. The third-order valence-electron chi connectivity index (χ3n) is 6.34. The molecule has 1 N–H and O–H groups in total. The summed E-state index contributed by atoms with van der Waals surface area (Å²) < 4.78 is 20.3. The van der Waals surface area contributed by atoms with Gasteiger partial charge in [0, 0.05) is 38.6 Å². The molecular formula is C24H30FN5O3. The maximum atomic E-state index is 14.4. The fourth-order valence-corrected chi connectivity index (χ4v) is 4.41. The van der Waals surface area contributed by atoms with Crippen LogP contribution in [0.4, 0.5) is 15.0 Å². The molecule has 0 spiro atoms. The first kappa shape index (κ1) is 22.9. The van der Waals surface area contributed by atoms with Crippen molar-refractivity contribution in [3.63, 3.8) is 0 Å². The van der Waals surface area contributed by atoms with E-state index in [0.29, 0.717) is 50.3 Å². The highest BCUT2D eigenvalue weighted by Crippen LogP contribution is 2.27. The van der Waals surface area contributed by atoms with E-state index in [2.05, 4.69) is 15.3 Å². The number of urea groups is 1. The van der Waals surface area contributed by atoms with Crippen LogP contribution in [0.25, 0.3) is 0 Å². The minimum atomic E-state index is -0.567. The third-order valence-corrected chi connectivity index (χ3v) is 6.34. The van der Waals surface area contributed by atoms with Crippen LogP contribution in [0.1, 0.15) is 48.9 Å². The monoisotopic (exact) mass is 455 g/mol. The molecule has 2 aromatic rings. The third kappa shape index (κ3) is 6.18. The van der Waals surface area contributed by atoms with Gasteiger partial charge in [-0.2, -0.15) is 0 Å². The van der Waals surface area contributed by atoms with Crippen LogP contribution in [0, 0.1) is 11.7 Å². The molecule has 1 aliphatic carbocycles.